The number of fused-ring (bicyclic) bond motifs is 1. The highest BCUT2D eigenvalue weighted by molar-refractivity contribution is 7.17. The van der Waals surface area contributed by atoms with E-state index in [9.17, 15) is 14.0 Å². The fourth-order valence-electron chi connectivity index (χ4n) is 2.16. The Labute approximate surface area is 140 Å². The standard InChI is InChI=1S/C16H12FN3O3S/c1-8-11(5-9-3-4-10(17)6-12(9)19-8)14(21)20-16-18-7-13(24-16)15(22)23-2/h3-7H,1-2H3,(H,18,20,21). The lowest BCUT2D eigenvalue weighted by atomic mass is 10.1. The number of carbonyl (C=O) groups excluding carboxylic acids is 2. The van der Waals surface area contributed by atoms with E-state index < -0.39 is 11.9 Å². The summed E-state index contributed by atoms with van der Waals surface area (Å²) in [6, 6.07) is 5.83. The summed E-state index contributed by atoms with van der Waals surface area (Å²) in [5.41, 5.74) is 1.30. The molecule has 0 spiro atoms. The largest absolute Gasteiger partial charge is 0.465 e. The molecule has 1 amide bonds. The zero-order chi connectivity index (χ0) is 17.3. The van der Waals surface area contributed by atoms with Crippen molar-refractivity contribution in [3.8, 4) is 0 Å². The molecule has 0 saturated heterocycles. The molecule has 8 heteroatoms. The summed E-state index contributed by atoms with van der Waals surface area (Å²) in [6.07, 6.45) is 1.33. The zero-order valence-electron chi connectivity index (χ0n) is 12.8. The van der Waals surface area contributed by atoms with E-state index >= 15 is 0 Å². The molecular weight excluding hydrogens is 333 g/mol. The number of ether oxygens (including phenoxy) is 1. The molecule has 0 aliphatic carbocycles. The molecule has 0 unspecified atom stereocenters. The number of aromatic nitrogens is 2. The summed E-state index contributed by atoms with van der Waals surface area (Å²) in [4.78, 5) is 32.3. The molecule has 24 heavy (non-hydrogen) atoms. The van der Waals surface area contributed by atoms with Gasteiger partial charge >= 0.3 is 5.97 Å². The molecule has 2 heterocycles. The van der Waals surface area contributed by atoms with Crippen LogP contribution in [0.1, 0.15) is 25.7 Å². The van der Waals surface area contributed by atoms with Crippen molar-refractivity contribution in [2.45, 2.75) is 6.92 Å². The van der Waals surface area contributed by atoms with Gasteiger partial charge in [-0.2, -0.15) is 0 Å². The highest BCUT2D eigenvalue weighted by Crippen LogP contribution is 2.22. The number of esters is 1. The Kier molecular flexibility index (Phi) is 4.22. The van der Waals surface area contributed by atoms with Crippen LogP contribution >= 0.6 is 11.3 Å². The van der Waals surface area contributed by atoms with Gasteiger partial charge in [0.25, 0.3) is 5.91 Å². The predicted molar refractivity (Wildman–Crippen MR) is 87.8 cm³/mol. The van der Waals surface area contributed by atoms with Gasteiger partial charge in [-0.1, -0.05) is 11.3 Å². The quantitative estimate of drug-likeness (QED) is 0.737. The fourth-order valence-corrected chi connectivity index (χ4v) is 2.89. The number of aryl methyl sites for hydroxylation is 1. The molecule has 0 fully saturated rings. The third kappa shape index (κ3) is 3.09. The minimum Gasteiger partial charge on any atom is -0.465 e. The van der Waals surface area contributed by atoms with Crippen LogP contribution in [0.2, 0.25) is 0 Å². The molecule has 0 bridgehead atoms. The minimum absolute atomic E-state index is 0.277. The predicted octanol–water partition coefficient (Wildman–Crippen LogP) is 3.18. The van der Waals surface area contributed by atoms with Crippen molar-refractivity contribution in [3.63, 3.8) is 0 Å². The number of pyridine rings is 1. The van der Waals surface area contributed by atoms with Crippen molar-refractivity contribution in [2.75, 3.05) is 12.4 Å². The van der Waals surface area contributed by atoms with Gasteiger partial charge in [0.1, 0.15) is 10.7 Å². The first-order valence-corrected chi connectivity index (χ1v) is 7.72. The van der Waals surface area contributed by atoms with E-state index in [2.05, 4.69) is 20.0 Å². The van der Waals surface area contributed by atoms with E-state index in [-0.39, 0.29) is 15.8 Å². The Morgan fingerprint density at radius 1 is 1.29 bits per heavy atom. The number of amides is 1. The van der Waals surface area contributed by atoms with Gasteiger partial charge in [0.05, 0.1) is 30.1 Å². The van der Waals surface area contributed by atoms with Crippen LogP contribution in [-0.2, 0) is 4.74 Å². The number of methoxy groups -OCH3 is 1. The van der Waals surface area contributed by atoms with Gasteiger partial charge in [-0.05, 0) is 25.1 Å². The van der Waals surface area contributed by atoms with Gasteiger partial charge in [0, 0.05) is 11.5 Å². The van der Waals surface area contributed by atoms with Crippen molar-refractivity contribution >= 4 is 39.2 Å². The van der Waals surface area contributed by atoms with Gasteiger partial charge in [0.15, 0.2) is 5.13 Å². The molecule has 3 rings (SSSR count). The zero-order valence-corrected chi connectivity index (χ0v) is 13.6. The van der Waals surface area contributed by atoms with Crippen molar-refractivity contribution in [1.82, 2.24) is 9.97 Å². The van der Waals surface area contributed by atoms with E-state index in [4.69, 9.17) is 0 Å². The summed E-state index contributed by atoms with van der Waals surface area (Å²) in [5, 5.41) is 3.55. The van der Waals surface area contributed by atoms with Crippen LogP contribution < -0.4 is 5.32 Å². The van der Waals surface area contributed by atoms with Gasteiger partial charge in [-0.3, -0.25) is 15.1 Å². The van der Waals surface area contributed by atoms with Crippen molar-refractivity contribution in [1.29, 1.82) is 0 Å². The number of nitrogens with one attached hydrogen (secondary N) is 1. The van der Waals surface area contributed by atoms with E-state index in [1.54, 1.807) is 19.1 Å². The number of benzene rings is 1. The third-order valence-corrected chi connectivity index (χ3v) is 4.22. The molecule has 0 aliphatic heterocycles. The fraction of sp³-hybridized carbons (Fsp3) is 0.125. The molecule has 1 aromatic carbocycles. The van der Waals surface area contributed by atoms with Gasteiger partial charge in [-0.25, -0.2) is 14.2 Å². The SMILES string of the molecule is COC(=O)c1cnc(NC(=O)c2cc3ccc(F)cc3nc2C)s1. The second kappa shape index (κ2) is 6.32. The van der Waals surface area contributed by atoms with Crippen molar-refractivity contribution in [3.05, 3.63) is 52.4 Å². The lowest BCUT2D eigenvalue weighted by Gasteiger charge is -2.07. The number of thiazole rings is 1. The van der Waals surface area contributed by atoms with Crippen molar-refractivity contribution in [2.24, 2.45) is 0 Å². The number of hydrogen-bond acceptors (Lipinski definition) is 6. The summed E-state index contributed by atoms with van der Waals surface area (Å²) in [6.45, 7) is 1.67. The average Bonchev–Trinajstić information content (AvgIpc) is 3.01. The number of nitrogens with zero attached hydrogens (tertiary/aromatic N) is 2. The lowest BCUT2D eigenvalue weighted by molar-refractivity contribution is 0.0606. The topological polar surface area (TPSA) is 81.2 Å². The van der Waals surface area contributed by atoms with Crippen LogP contribution in [0.3, 0.4) is 0 Å². The third-order valence-electron chi connectivity index (χ3n) is 3.33. The lowest BCUT2D eigenvalue weighted by Crippen LogP contribution is -2.14. The number of anilines is 1. The molecule has 0 saturated carbocycles. The molecule has 3 aromatic rings. The number of rotatable bonds is 3. The maximum absolute atomic E-state index is 13.2. The molecule has 1 N–H and O–H groups in total. The Balaban J connectivity index is 1.88. The van der Waals surface area contributed by atoms with Crippen LogP contribution in [0.5, 0.6) is 0 Å². The molecule has 0 atom stereocenters. The normalized spacial score (nSPS) is 10.6. The summed E-state index contributed by atoms with van der Waals surface area (Å²) < 4.78 is 17.8. The molecular formula is C16H12FN3O3S. The second-order valence-corrected chi connectivity index (χ2v) is 5.96. The Morgan fingerprint density at radius 3 is 2.83 bits per heavy atom. The second-order valence-electron chi connectivity index (χ2n) is 4.93. The monoisotopic (exact) mass is 345 g/mol. The van der Waals surface area contributed by atoms with Gasteiger partial charge in [-0.15, -0.1) is 0 Å². The van der Waals surface area contributed by atoms with Crippen LogP contribution in [0, 0.1) is 12.7 Å². The Hall–Kier alpha value is -2.87. The first-order chi connectivity index (χ1) is 11.5. The summed E-state index contributed by atoms with van der Waals surface area (Å²) in [5.74, 6) is -1.31. The Morgan fingerprint density at radius 2 is 2.08 bits per heavy atom. The number of halogens is 1. The molecule has 6 nitrogen and oxygen atoms in total. The average molecular weight is 345 g/mol. The molecule has 0 radical (unpaired) electrons. The first kappa shape index (κ1) is 16.0. The summed E-state index contributed by atoms with van der Waals surface area (Å²) in [7, 11) is 1.27. The maximum atomic E-state index is 13.2. The Bertz CT molecular complexity index is 955. The highest BCUT2D eigenvalue weighted by atomic mass is 32.1. The smallest absolute Gasteiger partial charge is 0.349 e. The molecule has 2 aromatic heterocycles. The van der Waals surface area contributed by atoms with E-state index in [1.807, 2.05) is 0 Å². The molecule has 122 valence electrons. The van der Waals surface area contributed by atoms with Crippen LogP contribution in [0.25, 0.3) is 10.9 Å². The van der Waals surface area contributed by atoms with Gasteiger partial charge in [0.2, 0.25) is 0 Å². The van der Waals surface area contributed by atoms with E-state index in [0.717, 1.165) is 11.3 Å². The minimum atomic E-state index is -0.515. The van der Waals surface area contributed by atoms with Crippen LogP contribution in [0.15, 0.2) is 30.5 Å². The van der Waals surface area contributed by atoms with E-state index in [0.29, 0.717) is 22.2 Å². The van der Waals surface area contributed by atoms with E-state index in [1.165, 1.54) is 25.4 Å². The maximum Gasteiger partial charge on any atom is 0.349 e. The van der Waals surface area contributed by atoms with Crippen LogP contribution in [0.4, 0.5) is 9.52 Å². The van der Waals surface area contributed by atoms with Crippen molar-refractivity contribution < 1.29 is 18.7 Å². The number of hydrogen-bond donors (Lipinski definition) is 1. The van der Waals surface area contributed by atoms with Gasteiger partial charge < -0.3 is 4.74 Å². The number of carbonyl (C=O) groups is 2. The summed E-state index contributed by atoms with van der Waals surface area (Å²) >= 11 is 1.01. The highest BCUT2D eigenvalue weighted by Gasteiger charge is 2.16. The molecule has 0 aliphatic rings. The van der Waals surface area contributed by atoms with Crippen LogP contribution in [-0.4, -0.2) is 29.0 Å². The first-order valence-electron chi connectivity index (χ1n) is 6.90.